The molecule has 2 nitrogen and oxygen atoms in total. The third-order valence-corrected chi connectivity index (χ3v) is 3.49. The summed E-state index contributed by atoms with van der Waals surface area (Å²) in [5.41, 5.74) is 6.73. The molecule has 0 aliphatic heterocycles. The third-order valence-electron chi connectivity index (χ3n) is 3.49. The highest BCUT2D eigenvalue weighted by molar-refractivity contribution is 5.63. The van der Waals surface area contributed by atoms with Crippen LogP contribution in [0.15, 0.2) is 6.07 Å². The van der Waals surface area contributed by atoms with Gasteiger partial charge >= 0.3 is 0 Å². The number of hydrogen-bond acceptors (Lipinski definition) is 2. The van der Waals surface area contributed by atoms with Crippen molar-refractivity contribution in [2.45, 2.75) is 40.5 Å². The zero-order chi connectivity index (χ0) is 13.0. The van der Waals surface area contributed by atoms with Crippen LogP contribution in [0.25, 0.3) is 0 Å². The molecular weight excluding hydrogens is 208 g/mol. The number of anilines is 1. The largest absolute Gasteiger partial charge is 0.374 e. The Kier molecular flexibility index (Phi) is 4.57. The molecule has 0 saturated heterocycles. The van der Waals surface area contributed by atoms with Gasteiger partial charge in [-0.25, -0.2) is 0 Å². The molecular formula is C15H22N2. The number of aryl methyl sites for hydroxylation is 2. The summed E-state index contributed by atoms with van der Waals surface area (Å²) in [6.45, 7) is 9.62. The monoisotopic (exact) mass is 230 g/mol. The average Bonchev–Trinajstić information content (AvgIpc) is 2.27. The summed E-state index contributed by atoms with van der Waals surface area (Å²) in [6, 6.07) is 4.45. The lowest BCUT2D eigenvalue weighted by atomic mass is 9.98. The van der Waals surface area contributed by atoms with Gasteiger partial charge in [0.15, 0.2) is 0 Å². The fraction of sp³-hybridized carbons (Fsp3) is 0.533. The number of benzene rings is 1. The van der Waals surface area contributed by atoms with Crippen molar-refractivity contribution in [2.75, 3.05) is 18.5 Å². The van der Waals surface area contributed by atoms with Crippen molar-refractivity contribution in [2.24, 2.45) is 0 Å². The lowest BCUT2D eigenvalue weighted by Crippen LogP contribution is -2.21. The Morgan fingerprint density at radius 2 is 1.65 bits per heavy atom. The molecule has 0 amide bonds. The number of unbranched alkanes of at least 4 members (excludes halogenated alkanes) is 1. The maximum atomic E-state index is 8.58. The molecule has 1 aromatic carbocycles. The first kappa shape index (κ1) is 13.6. The maximum Gasteiger partial charge on any atom is 0.0622 e. The van der Waals surface area contributed by atoms with Gasteiger partial charge in [0, 0.05) is 25.7 Å². The van der Waals surface area contributed by atoms with Crippen LogP contribution in [-0.4, -0.2) is 13.6 Å². The van der Waals surface area contributed by atoms with Crippen LogP contribution >= 0.6 is 0 Å². The van der Waals surface area contributed by atoms with Crippen molar-refractivity contribution in [3.8, 4) is 6.07 Å². The molecule has 0 saturated carbocycles. The summed E-state index contributed by atoms with van der Waals surface area (Å²) >= 11 is 0. The van der Waals surface area contributed by atoms with Crippen molar-refractivity contribution in [1.82, 2.24) is 0 Å². The minimum atomic E-state index is 0.632. The second kappa shape index (κ2) is 5.72. The molecule has 0 aromatic heterocycles. The van der Waals surface area contributed by atoms with Gasteiger partial charge in [0.05, 0.1) is 6.07 Å². The third kappa shape index (κ3) is 3.00. The molecule has 2 heteroatoms. The van der Waals surface area contributed by atoms with Crippen molar-refractivity contribution in [3.05, 3.63) is 28.3 Å². The summed E-state index contributed by atoms with van der Waals surface area (Å²) in [4.78, 5) is 2.28. The topological polar surface area (TPSA) is 27.0 Å². The molecule has 1 aromatic rings. The highest BCUT2D eigenvalue weighted by atomic mass is 15.1. The van der Waals surface area contributed by atoms with E-state index in [1.54, 1.807) is 0 Å². The number of nitrogens with zero attached hydrogens (tertiary/aromatic N) is 2. The molecule has 0 atom stereocenters. The molecule has 92 valence electrons. The lowest BCUT2D eigenvalue weighted by molar-refractivity contribution is 0.801. The van der Waals surface area contributed by atoms with E-state index in [0.29, 0.717) is 6.42 Å². The van der Waals surface area contributed by atoms with Crippen LogP contribution in [0.3, 0.4) is 0 Å². The van der Waals surface area contributed by atoms with E-state index in [9.17, 15) is 0 Å². The van der Waals surface area contributed by atoms with E-state index in [2.05, 4.69) is 51.8 Å². The fourth-order valence-electron chi connectivity index (χ4n) is 2.28. The van der Waals surface area contributed by atoms with E-state index < -0.39 is 0 Å². The fourth-order valence-corrected chi connectivity index (χ4v) is 2.28. The SMILES string of the molecule is Cc1cc(C)c(C)c(N(C)CCCC#N)c1C. The van der Waals surface area contributed by atoms with Gasteiger partial charge < -0.3 is 4.90 Å². The predicted octanol–water partition coefficient (Wildman–Crippen LogP) is 3.66. The van der Waals surface area contributed by atoms with Crippen LogP contribution in [0.2, 0.25) is 0 Å². The first-order valence-electron chi connectivity index (χ1n) is 6.14. The summed E-state index contributed by atoms with van der Waals surface area (Å²) in [5.74, 6) is 0. The van der Waals surface area contributed by atoms with Crippen molar-refractivity contribution in [1.29, 1.82) is 5.26 Å². The predicted molar refractivity (Wildman–Crippen MR) is 73.5 cm³/mol. The summed E-state index contributed by atoms with van der Waals surface area (Å²) in [7, 11) is 2.12. The Balaban J connectivity index is 3.00. The molecule has 0 aliphatic rings. The highest BCUT2D eigenvalue weighted by Crippen LogP contribution is 2.29. The molecule has 1 rings (SSSR count). The molecule has 0 heterocycles. The molecule has 0 bridgehead atoms. The van der Waals surface area contributed by atoms with E-state index in [1.807, 2.05) is 0 Å². The minimum Gasteiger partial charge on any atom is -0.374 e. The van der Waals surface area contributed by atoms with E-state index in [4.69, 9.17) is 5.26 Å². The smallest absolute Gasteiger partial charge is 0.0622 e. The number of nitriles is 1. The Morgan fingerprint density at radius 3 is 2.12 bits per heavy atom. The van der Waals surface area contributed by atoms with Gasteiger partial charge in [0.1, 0.15) is 0 Å². The van der Waals surface area contributed by atoms with E-state index in [1.165, 1.54) is 27.9 Å². The van der Waals surface area contributed by atoms with Gasteiger partial charge in [-0.15, -0.1) is 0 Å². The summed E-state index contributed by atoms with van der Waals surface area (Å²) in [5, 5.41) is 8.58. The van der Waals surface area contributed by atoms with E-state index in [0.717, 1.165) is 13.0 Å². The second-order valence-corrected chi connectivity index (χ2v) is 4.79. The van der Waals surface area contributed by atoms with Gasteiger partial charge in [-0.2, -0.15) is 5.26 Å². The van der Waals surface area contributed by atoms with Crippen LogP contribution in [0.1, 0.15) is 35.1 Å². The second-order valence-electron chi connectivity index (χ2n) is 4.79. The number of hydrogen-bond donors (Lipinski definition) is 0. The van der Waals surface area contributed by atoms with Crippen LogP contribution in [0, 0.1) is 39.0 Å². The van der Waals surface area contributed by atoms with Gasteiger partial charge in [-0.1, -0.05) is 6.07 Å². The van der Waals surface area contributed by atoms with E-state index >= 15 is 0 Å². The molecule has 17 heavy (non-hydrogen) atoms. The first-order chi connectivity index (χ1) is 7.99. The minimum absolute atomic E-state index is 0.632. The molecule has 0 spiro atoms. The Hall–Kier alpha value is -1.49. The van der Waals surface area contributed by atoms with Crippen LogP contribution in [0.5, 0.6) is 0 Å². The first-order valence-corrected chi connectivity index (χ1v) is 6.14. The van der Waals surface area contributed by atoms with Gasteiger partial charge in [-0.3, -0.25) is 0 Å². The average molecular weight is 230 g/mol. The number of rotatable bonds is 4. The van der Waals surface area contributed by atoms with Crippen LogP contribution < -0.4 is 4.90 Å². The van der Waals surface area contributed by atoms with Crippen LogP contribution in [-0.2, 0) is 0 Å². The highest BCUT2D eigenvalue weighted by Gasteiger charge is 2.11. The van der Waals surface area contributed by atoms with Gasteiger partial charge in [0.2, 0.25) is 0 Å². The van der Waals surface area contributed by atoms with Gasteiger partial charge in [-0.05, 0) is 56.4 Å². The van der Waals surface area contributed by atoms with Crippen molar-refractivity contribution in [3.63, 3.8) is 0 Å². The molecule has 0 fully saturated rings. The molecule has 0 radical (unpaired) electrons. The van der Waals surface area contributed by atoms with Gasteiger partial charge in [0.25, 0.3) is 0 Å². The Labute approximate surface area is 105 Å². The maximum absolute atomic E-state index is 8.58. The van der Waals surface area contributed by atoms with Crippen molar-refractivity contribution >= 4 is 5.69 Å². The summed E-state index contributed by atoms with van der Waals surface area (Å²) in [6.07, 6.45) is 1.56. The standard InChI is InChI=1S/C15H22N2/c1-11-10-12(2)14(4)15(13(11)3)17(5)9-7-6-8-16/h10H,6-7,9H2,1-5H3. The van der Waals surface area contributed by atoms with E-state index in [-0.39, 0.29) is 0 Å². The quantitative estimate of drug-likeness (QED) is 0.738. The Morgan fingerprint density at radius 1 is 1.12 bits per heavy atom. The Bertz CT molecular complexity index is 415. The zero-order valence-electron chi connectivity index (χ0n) is 11.6. The molecule has 0 unspecified atom stereocenters. The zero-order valence-corrected chi connectivity index (χ0v) is 11.6. The summed E-state index contributed by atoms with van der Waals surface area (Å²) < 4.78 is 0. The van der Waals surface area contributed by atoms with Crippen molar-refractivity contribution < 1.29 is 0 Å². The molecule has 0 aliphatic carbocycles. The van der Waals surface area contributed by atoms with Crippen LogP contribution in [0.4, 0.5) is 5.69 Å². The molecule has 0 N–H and O–H groups in total. The normalized spacial score (nSPS) is 10.1. The lowest BCUT2D eigenvalue weighted by Gasteiger charge is -2.25.